The molecule has 0 atom stereocenters. The number of para-hydroxylation sites is 1. The van der Waals surface area contributed by atoms with Crippen LogP contribution in [0.5, 0.6) is 0 Å². The zero-order valence-electron chi connectivity index (χ0n) is 13.4. The molecule has 3 rings (SSSR count). The van der Waals surface area contributed by atoms with Crippen LogP contribution in [0.1, 0.15) is 45.1 Å². The number of aromatic nitrogens is 2. The second-order valence-electron chi connectivity index (χ2n) is 6.89. The van der Waals surface area contributed by atoms with Crippen LogP contribution < -0.4 is 0 Å². The third-order valence-corrected chi connectivity index (χ3v) is 4.07. The number of piperidine rings is 1. The molecule has 5 nitrogen and oxygen atoms in total. The lowest BCUT2D eigenvalue weighted by Gasteiger charge is -2.33. The van der Waals surface area contributed by atoms with Gasteiger partial charge >= 0.3 is 6.09 Å². The zero-order valence-corrected chi connectivity index (χ0v) is 13.4. The summed E-state index contributed by atoms with van der Waals surface area (Å²) in [5.41, 5.74) is 2.97. The summed E-state index contributed by atoms with van der Waals surface area (Å²) in [7, 11) is 0. The highest BCUT2D eigenvalue weighted by molar-refractivity contribution is 5.78. The van der Waals surface area contributed by atoms with Gasteiger partial charge in [0.1, 0.15) is 5.60 Å². The van der Waals surface area contributed by atoms with Gasteiger partial charge in [0.05, 0.1) is 17.4 Å². The van der Waals surface area contributed by atoms with E-state index >= 15 is 0 Å². The summed E-state index contributed by atoms with van der Waals surface area (Å²) < 4.78 is 5.45. The van der Waals surface area contributed by atoms with E-state index in [1.54, 1.807) is 6.33 Å². The van der Waals surface area contributed by atoms with E-state index in [-0.39, 0.29) is 6.09 Å². The number of carbonyl (C=O) groups is 1. The molecule has 22 heavy (non-hydrogen) atoms. The van der Waals surface area contributed by atoms with Crippen molar-refractivity contribution in [1.29, 1.82) is 0 Å². The number of nitrogens with zero attached hydrogens (tertiary/aromatic N) is 2. The minimum atomic E-state index is -0.436. The van der Waals surface area contributed by atoms with E-state index in [9.17, 15) is 4.79 Å². The predicted octanol–water partition coefficient (Wildman–Crippen LogP) is 3.68. The van der Waals surface area contributed by atoms with Crippen molar-refractivity contribution in [2.45, 2.75) is 45.1 Å². The summed E-state index contributed by atoms with van der Waals surface area (Å²) in [6, 6.07) is 6.26. The quantitative estimate of drug-likeness (QED) is 0.874. The topological polar surface area (TPSA) is 58.2 Å². The number of likely N-dealkylation sites (tertiary alicyclic amines) is 1. The number of H-pyrrole nitrogens is 1. The van der Waals surface area contributed by atoms with Gasteiger partial charge in [0.15, 0.2) is 0 Å². The van der Waals surface area contributed by atoms with Crippen molar-refractivity contribution >= 4 is 17.1 Å². The molecule has 1 aromatic carbocycles. The van der Waals surface area contributed by atoms with Crippen molar-refractivity contribution < 1.29 is 9.53 Å². The smallest absolute Gasteiger partial charge is 0.410 e. The molecule has 0 aliphatic carbocycles. The number of fused-ring (bicyclic) bond motifs is 1. The first kappa shape index (κ1) is 14.9. The average Bonchev–Trinajstić information content (AvgIpc) is 2.94. The van der Waals surface area contributed by atoms with Crippen molar-refractivity contribution in [2.75, 3.05) is 13.1 Å². The van der Waals surface area contributed by atoms with E-state index in [2.05, 4.69) is 22.1 Å². The lowest BCUT2D eigenvalue weighted by Crippen LogP contribution is -2.41. The van der Waals surface area contributed by atoms with Crippen LogP contribution in [0.25, 0.3) is 11.0 Å². The fourth-order valence-corrected chi connectivity index (χ4v) is 3.02. The van der Waals surface area contributed by atoms with Gasteiger partial charge in [-0.2, -0.15) is 0 Å². The largest absolute Gasteiger partial charge is 0.444 e. The molecule has 1 amide bonds. The lowest BCUT2D eigenvalue weighted by atomic mass is 9.89. The summed E-state index contributed by atoms with van der Waals surface area (Å²) in [6.45, 7) is 7.17. The van der Waals surface area contributed by atoms with Crippen molar-refractivity contribution in [1.82, 2.24) is 14.9 Å². The average molecular weight is 301 g/mol. The normalized spacial score (nSPS) is 17.0. The standard InChI is InChI=1S/C17H23N3O2/c1-17(2,3)22-16(21)20-9-7-12(8-10-20)13-5-4-6-14-15(13)19-11-18-14/h4-6,11-12H,7-10H2,1-3H3,(H,18,19). The van der Waals surface area contributed by atoms with Crippen molar-refractivity contribution in [3.8, 4) is 0 Å². The number of benzene rings is 1. The highest BCUT2D eigenvalue weighted by atomic mass is 16.6. The molecule has 0 unspecified atom stereocenters. The van der Waals surface area contributed by atoms with Gasteiger partial charge in [0.25, 0.3) is 0 Å². The molecule has 0 spiro atoms. The van der Waals surface area contributed by atoms with Gasteiger partial charge < -0.3 is 14.6 Å². The third-order valence-electron chi connectivity index (χ3n) is 4.07. The first-order valence-electron chi connectivity index (χ1n) is 7.84. The summed E-state index contributed by atoms with van der Waals surface area (Å²) in [5, 5.41) is 0. The number of amides is 1. The van der Waals surface area contributed by atoms with Crippen molar-refractivity contribution in [3.05, 3.63) is 30.1 Å². The summed E-state index contributed by atoms with van der Waals surface area (Å²) in [5.74, 6) is 0.450. The number of rotatable bonds is 1. The molecule has 2 aromatic rings. The minimum Gasteiger partial charge on any atom is -0.444 e. The molecule has 1 saturated heterocycles. The molecule has 118 valence electrons. The van der Waals surface area contributed by atoms with Gasteiger partial charge in [-0.05, 0) is 51.2 Å². The second-order valence-corrected chi connectivity index (χ2v) is 6.89. The fourth-order valence-electron chi connectivity index (χ4n) is 3.02. The Morgan fingerprint density at radius 3 is 2.73 bits per heavy atom. The monoisotopic (exact) mass is 301 g/mol. The maximum absolute atomic E-state index is 12.1. The van der Waals surface area contributed by atoms with E-state index in [0.717, 1.165) is 37.0 Å². The third kappa shape index (κ3) is 3.08. The fraction of sp³-hybridized carbons (Fsp3) is 0.529. The van der Waals surface area contributed by atoms with Crippen LogP contribution in [0.15, 0.2) is 24.5 Å². The summed E-state index contributed by atoms with van der Waals surface area (Å²) >= 11 is 0. The Hall–Kier alpha value is -2.04. The van der Waals surface area contributed by atoms with Crippen molar-refractivity contribution in [2.24, 2.45) is 0 Å². The Labute approximate surface area is 130 Å². The van der Waals surface area contributed by atoms with Crippen LogP contribution in [0.2, 0.25) is 0 Å². The number of ether oxygens (including phenoxy) is 1. The molecule has 0 radical (unpaired) electrons. The van der Waals surface area contributed by atoms with E-state index in [4.69, 9.17) is 4.74 Å². The van der Waals surface area contributed by atoms with E-state index < -0.39 is 5.60 Å². The number of hydrogen-bond donors (Lipinski definition) is 1. The Morgan fingerprint density at radius 1 is 1.32 bits per heavy atom. The number of carbonyl (C=O) groups excluding carboxylic acids is 1. The molecule has 1 fully saturated rings. The molecule has 0 saturated carbocycles. The Morgan fingerprint density at radius 2 is 2.05 bits per heavy atom. The van der Waals surface area contributed by atoms with Gasteiger partial charge in [-0.1, -0.05) is 12.1 Å². The van der Waals surface area contributed by atoms with E-state index in [0.29, 0.717) is 5.92 Å². The number of hydrogen-bond acceptors (Lipinski definition) is 3. The molecule has 1 aromatic heterocycles. The molecular weight excluding hydrogens is 278 g/mol. The maximum atomic E-state index is 12.1. The van der Waals surface area contributed by atoms with Crippen LogP contribution in [0, 0.1) is 0 Å². The Kier molecular flexibility index (Phi) is 3.81. The SMILES string of the molecule is CC(C)(C)OC(=O)N1CCC(c2cccc3[nH]cnc23)CC1. The molecule has 0 bridgehead atoms. The first-order chi connectivity index (χ1) is 10.4. The summed E-state index contributed by atoms with van der Waals surface area (Å²) in [4.78, 5) is 21.5. The van der Waals surface area contributed by atoms with E-state index in [1.807, 2.05) is 31.7 Å². The molecule has 1 N–H and O–H groups in total. The van der Waals surface area contributed by atoms with Gasteiger partial charge in [-0.15, -0.1) is 0 Å². The Balaban J connectivity index is 1.67. The first-order valence-corrected chi connectivity index (χ1v) is 7.84. The van der Waals surface area contributed by atoms with Crippen LogP contribution in [0.3, 0.4) is 0 Å². The number of imidazole rings is 1. The molecule has 1 aliphatic rings. The minimum absolute atomic E-state index is 0.205. The molecule has 2 heterocycles. The van der Waals surface area contributed by atoms with E-state index in [1.165, 1.54) is 5.56 Å². The highest BCUT2D eigenvalue weighted by Crippen LogP contribution is 2.32. The van der Waals surface area contributed by atoms with Crippen LogP contribution in [-0.2, 0) is 4.74 Å². The summed E-state index contributed by atoms with van der Waals surface area (Å²) in [6.07, 6.45) is 3.43. The van der Waals surface area contributed by atoms with Crippen LogP contribution in [-0.4, -0.2) is 39.7 Å². The predicted molar refractivity (Wildman–Crippen MR) is 85.9 cm³/mol. The van der Waals surface area contributed by atoms with Crippen LogP contribution >= 0.6 is 0 Å². The number of aromatic amines is 1. The van der Waals surface area contributed by atoms with Crippen LogP contribution in [0.4, 0.5) is 4.79 Å². The number of nitrogens with one attached hydrogen (secondary N) is 1. The van der Waals surface area contributed by atoms with Gasteiger partial charge in [-0.3, -0.25) is 0 Å². The van der Waals surface area contributed by atoms with Gasteiger partial charge in [-0.25, -0.2) is 9.78 Å². The zero-order chi connectivity index (χ0) is 15.7. The van der Waals surface area contributed by atoms with Gasteiger partial charge in [0, 0.05) is 13.1 Å². The lowest BCUT2D eigenvalue weighted by molar-refractivity contribution is 0.0205. The molecule has 5 heteroatoms. The highest BCUT2D eigenvalue weighted by Gasteiger charge is 2.28. The maximum Gasteiger partial charge on any atom is 0.410 e. The molecule has 1 aliphatic heterocycles. The van der Waals surface area contributed by atoms with Crippen molar-refractivity contribution in [3.63, 3.8) is 0 Å². The van der Waals surface area contributed by atoms with Gasteiger partial charge in [0.2, 0.25) is 0 Å². The second kappa shape index (κ2) is 5.63. The molecular formula is C17H23N3O2. The Bertz CT molecular complexity index is 664.